The van der Waals surface area contributed by atoms with E-state index in [4.69, 9.17) is 9.84 Å². The van der Waals surface area contributed by atoms with Gasteiger partial charge in [0.1, 0.15) is 0 Å². The number of aryl methyl sites for hydroxylation is 2. The second-order valence-electron chi connectivity index (χ2n) is 8.67. The molecule has 0 radical (unpaired) electrons. The summed E-state index contributed by atoms with van der Waals surface area (Å²) in [5.41, 5.74) is 2.22. The first-order chi connectivity index (χ1) is 14.7. The molecule has 3 aromatic carbocycles. The molecular weight excluding hydrogens is 404 g/mol. The SMILES string of the molecule is Cc1ccc(Sc2c(C)nn(C(C)(C)C)c2OC(=O)c2ccc3ccccc3c2)cc1. The Morgan fingerprint density at radius 2 is 1.61 bits per heavy atom. The molecule has 5 heteroatoms. The van der Waals surface area contributed by atoms with Gasteiger partial charge >= 0.3 is 5.97 Å². The Morgan fingerprint density at radius 1 is 0.935 bits per heavy atom. The van der Waals surface area contributed by atoms with Gasteiger partial charge in [-0.15, -0.1) is 0 Å². The molecular formula is C26H26N2O2S. The molecule has 0 aliphatic heterocycles. The first-order valence-electron chi connectivity index (χ1n) is 10.3. The van der Waals surface area contributed by atoms with Crippen LogP contribution in [0.4, 0.5) is 0 Å². The highest BCUT2D eigenvalue weighted by Gasteiger charge is 2.27. The van der Waals surface area contributed by atoms with Crippen LogP contribution in [0.25, 0.3) is 10.8 Å². The van der Waals surface area contributed by atoms with E-state index in [-0.39, 0.29) is 11.5 Å². The molecule has 0 fully saturated rings. The molecule has 0 N–H and O–H groups in total. The number of hydrogen-bond donors (Lipinski definition) is 0. The fourth-order valence-corrected chi connectivity index (χ4v) is 4.25. The largest absolute Gasteiger partial charge is 0.403 e. The summed E-state index contributed by atoms with van der Waals surface area (Å²) in [6.45, 7) is 10.2. The van der Waals surface area contributed by atoms with Crippen molar-refractivity contribution in [2.24, 2.45) is 0 Å². The third kappa shape index (κ3) is 4.52. The maximum Gasteiger partial charge on any atom is 0.344 e. The van der Waals surface area contributed by atoms with Crippen LogP contribution in [-0.2, 0) is 5.54 Å². The minimum Gasteiger partial charge on any atom is -0.403 e. The first kappa shape index (κ1) is 21.2. The number of nitrogens with zero attached hydrogens (tertiary/aromatic N) is 2. The summed E-state index contributed by atoms with van der Waals surface area (Å²) in [6.07, 6.45) is 0. The lowest BCUT2D eigenvalue weighted by molar-refractivity contribution is 0.0704. The van der Waals surface area contributed by atoms with Gasteiger partial charge in [0, 0.05) is 4.90 Å². The van der Waals surface area contributed by atoms with Gasteiger partial charge in [0.15, 0.2) is 0 Å². The Hall–Kier alpha value is -3.05. The molecule has 31 heavy (non-hydrogen) atoms. The molecule has 1 aromatic heterocycles. The number of esters is 1. The van der Waals surface area contributed by atoms with Crippen LogP contribution in [-0.4, -0.2) is 15.7 Å². The van der Waals surface area contributed by atoms with E-state index >= 15 is 0 Å². The van der Waals surface area contributed by atoms with Crippen molar-refractivity contribution < 1.29 is 9.53 Å². The van der Waals surface area contributed by atoms with Crippen molar-refractivity contribution >= 4 is 28.5 Å². The van der Waals surface area contributed by atoms with Crippen molar-refractivity contribution in [1.29, 1.82) is 0 Å². The standard InChI is InChI=1S/C26H26N2O2S/c1-17-10-14-22(15-11-17)31-23-18(2)27-28(26(3,4)5)24(23)30-25(29)21-13-12-19-8-6-7-9-20(19)16-21/h6-16H,1-5H3. The van der Waals surface area contributed by atoms with Crippen LogP contribution in [0.3, 0.4) is 0 Å². The average molecular weight is 431 g/mol. The van der Waals surface area contributed by atoms with E-state index in [9.17, 15) is 4.79 Å². The maximum atomic E-state index is 13.1. The lowest BCUT2D eigenvalue weighted by atomic mass is 10.1. The highest BCUT2D eigenvalue weighted by atomic mass is 32.2. The molecule has 0 atom stereocenters. The Kier molecular flexibility index (Phi) is 5.63. The van der Waals surface area contributed by atoms with Crippen LogP contribution >= 0.6 is 11.8 Å². The van der Waals surface area contributed by atoms with Crippen LogP contribution in [0.2, 0.25) is 0 Å². The summed E-state index contributed by atoms with van der Waals surface area (Å²) in [5.74, 6) is 0.0932. The lowest BCUT2D eigenvalue weighted by Crippen LogP contribution is -2.25. The molecule has 0 aliphatic rings. The van der Waals surface area contributed by atoms with Crippen LogP contribution < -0.4 is 4.74 Å². The van der Waals surface area contributed by atoms with E-state index < -0.39 is 0 Å². The maximum absolute atomic E-state index is 13.1. The monoisotopic (exact) mass is 430 g/mol. The van der Waals surface area contributed by atoms with Gasteiger partial charge in [-0.05, 0) is 69.7 Å². The molecule has 0 saturated heterocycles. The summed E-state index contributed by atoms with van der Waals surface area (Å²) < 4.78 is 7.80. The average Bonchev–Trinajstić information content (AvgIpc) is 3.05. The molecule has 0 bridgehead atoms. The Morgan fingerprint density at radius 3 is 2.29 bits per heavy atom. The number of carbonyl (C=O) groups excluding carboxylic acids is 1. The van der Waals surface area contributed by atoms with E-state index in [1.54, 1.807) is 16.4 Å². The Bertz CT molecular complexity index is 1250. The van der Waals surface area contributed by atoms with Crippen molar-refractivity contribution in [3.8, 4) is 5.88 Å². The first-order valence-corrected chi connectivity index (χ1v) is 11.1. The molecule has 0 amide bonds. The molecule has 4 aromatic rings. The number of fused-ring (bicyclic) bond motifs is 1. The van der Waals surface area contributed by atoms with Gasteiger partial charge in [-0.1, -0.05) is 59.8 Å². The minimum absolute atomic E-state index is 0.337. The minimum atomic E-state index is -0.387. The van der Waals surface area contributed by atoms with Gasteiger partial charge in [-0.2, -0.15) is 5.10 Å². The zero-order valence-electron chi connectivity index (χ0n) is 18.5. The predicted molar refractivity (Wildman–Crippen MR) is 126 cm³/mol. The number of benzene rings is 3. The number of aromatic nitrogens is 2. The fourth-order valence-electron chi connectivity index (χ4n) is 3.34. The number of ether oxygens (including phenoxy) is 1. The van der Waals surface area contributed by atoms with Crippen molar-refractivity contribution in [3.63, 3.8) is 0 Å². The third-order valence-corrected chi connectivity index (χ3v) is 6.20. The van der Waals surface area contributed by atoms with Crippen molar-refractivity contribution in [3.05, 3.63) is 83.6 Å². The normalized spacial score (nSPS) is 11.6. The fraction of sp³-hybridized carbons (Fsp3) is 0.231. The molecule has 4 nitrogen and oxygen atoms in total. The molecule has 0 spiro atoms. The third-order valence-electron chi connectivity index (χ3n) is 5.02. The molecule has 4 rings (SSSR count). The van der Waals surface area contributed by atoms with Gasteiger partial charge in [0.05, 0.1) is 21.7 Å². The summed E-state index contributed by atoms with van der Waals surface area (Å²) in [5, 5.41) is 6.81. The zero-order chi connectivity index (χ0) is 22.2. The van der Waals surface area contributed by atoms with E-state index in [0.29, 0.717) is 11.4 Å². The van der Waals surface area contributed by atoms with Crippen LogP contribution in [0.5, 0.6) is 5.88 Å². The van der Waals surface area contributed by atoms with Crippen molar-refractivity contribution in [2.45, 2.75) is 49.9 Å². The number of carbonyl (C=O) groups is 1. The highest BCUT2D eigenvalue weighted by Crippen LogP contribution is 2.40. The van der Waals surface area contributed by atoms with E-state index in [0.717, 1.165) is 26.3 Å². The second kappa shape index (κ2) is 8.23. The van der Waals surface area contributed by atoms with Crippen LogP contribution in [0.1, 0.15) is 42.4 Å². The quantitative estimate of drug-likeness (QED) is 0.335. The predicted octanol–water partition coefficient (Wildman–Crippen LogP) is 6.78. The van der Waals surface area contributed by atoms with Crippen molar-refractivity contribution in [2.75, 3.05) is 0 Å². The summed E-state index contributed by atoms with van der Waals surface area (Å²) in [4.78, 5) is 15.1. The topological polar surface area (TPSA) is 44.1 Å². The number of hydrogen-bond acceptors (Lipinski definition) is 4. The zero-order valence-corrected chi connectivity index (χ0v) is 19.3. The molecule has 0 saturated carbocycles. The molecule has 1 heterocycles. The Balaban J connectivity index is 1.72. The highest BCUT2D eigenvalue weighted by molar-refractivity contribution is 7.99. The van der Waals surface area contributed by atoms with Gasteiger partial charge in [-0.3, -0.25) is 0 Å². The second-order valence-corrected chi connectivity index (χ2v) is 9.75. The van der Waals surface area contributed by atoms with Gasteiger partial charge in [0.2, 0.25) is 5.88 Å². The lowest BCUT2D eigenvalue weighted by Gasteiger charge is -2.22. The van der Waals surface area contributed by atoms with Gasteiger partial charge < -0.3 is 4.74 Å². The molecule has 0 unspecified atom stereocenters. The summed E-state index contributed by atoms with van der Waals surface area (Å²) >= 11 is 1.57. The molecule has 158 valence electrons. The number of rotatable bonds is 4. The van der Waals surface area contributed by atoms with Crippen LogP contribution in [0, 0.1) is 13.8 Å². The molecule has 0 aliphatic carbocycles. The van der Waals surface area contributed by atoms with E-state index in [2.05, 4.69) is 31.2 Å². The van der Waals surface area contributed by atoms with Gasteiger partial charge in [-0.25, -0.2) is 9.48 Å². The van der Waals surface area contributed by atoms with E-state index in [1.165, 1.54) is 5.56 Å². The summed E-state index contributed by atoms with van der Waals surface area (Å²) in [6, 6.07) is 21.9. The Labute approximate surface area is 187 Å². The smallest absolute Gasteiger partial charge is 0.344 e. The summed E-state index contributed by atoms with van der Waals surface area (Å²) in [7, 11) is 0. The van der Waals surface area contributed by atoms with E-state index in [1.807, 2.05) is 70.2 Å². The van der Waals surface area contributed by atoms with Crippen LogP contribution in [0.15, 0.2) is 76.5 Å². The van der Waals surface area contributed by atoms with Crippen molar-refractivity contribution in [1.82, 2.24) is 9.78 Å². The van der Waals surface area contributed by atoms with Gasteiger partial charge in [0.25, 0.3) is 0 Å².